The number of amides is 1. The predicted octanol–water partition coefficient (Wildman–Crippen LogP) is 3.43. The van der Waals surface area contributed by atoms with Gasteiger partial charge in [-0.05, 0) is 36.8 Å². The third-order valence-corrected chi connectivity index (χ3v) is 3.65. The number of fused-ring (bicyclic) bond motifs is 1. The average Bonchev–Trinajstić information content (AvgIpc) is 2.50. The first-order chi connectivity index (χ1) is 10.1. The zero-order valence-electron chi connectivity index (χ0n) is 11.4. The Morgan fingerprint density at radius 3 is 2.76 bits per heavy atom. The van der Waals surface area contributed by atoms with Crippen LogP contribution in [0.4, 0.5) is 5.69 Å². The van der Waals surface area contributed by atoms with Crippen LogP contribution in [0.25, 0.3) is 0 Å². The van der Waals surface area contributed by atoms with Gasteiger partial charge in [-0.1, -0.05) is 29.8 Å². The molecular formula is C16H14ClNO3. The summed E-state index contributed by atoms with van der Waals surface area (Å²) in [5, 5.41) is 3.39. The molecule has 2 aromatic carbocycles. The molecule has 0 saturated heterocycles. The first kappa shape index (κ1) is 13.8. The maximum atomic E-state index is 12.2. The van der Waals surface area contributed by atoms with E-state index < -0.39 is 6.10 Å². The first-order valence-electron chi connectivity index (χ1n) is 6.59. The lowest BCUT2D eigenvalue weighted by molar-refractivity contribution is -0.125. The molecule has 0 aliphatic carbocycles. The lowest BCUT2D eigenvalue weighted by Gasteiger charge is -2.25. The Labute approximate surface area is 127 Å². The molecular weight excluding hydrogens is 290 g/mol. The first-order valence-corrected chi connectivity index (χ1v) is 6.97. The molecule has 21 heavy (non-hydrogen) atoms. The molecule has 1 atom stereocenters. The number of rotatable bonds is 2. The van der Waals surface area contributed by atoms with E-state index in [0.717, 1.165) is 5.56 Å². The minimum atomic E-state index is -0.681. The summed E-state index contributed by atoms with van der Waals surface area (Å²) in [7, 11) is 0. The van der Waals surface area contributed by atoms with E-state index in [1.54, 1.807) is 18.2 Å². The largest absolute Gasteiger partial charge is 0.485 e. The van der Waals surface area contributed by atoms with Crippen LogP contribution in [-0.2, 0) is 4.79 Å². The normalized spacial score (nSPS) is 16.4. The Kier molecular flexibility index (Phi) is 3.71. The van der Waals surface area contributed by atoms with Crippen LogP contribution in [0.2, 0.25) is 5.02 Å². The topological polar surface area (TPSA) is 47.6 Å². The second-order valence-electron chi connectivity index (χ2n) is 4.82. The minimum absolute atomic E-state index is 0.183. The highest BCUT2D eigenvalue weighted by Gasteiger charge is 2.27. The number of carbonyl (C=O) groups is 1. The lowest BCUT2D eigenvalue weighted by Crippen LogP contribution is -2.40. The van der Waals surface area contributed by atoms with E-state index >= 15 is 0 Å². The van der Waals surface area contributed by atoms with Crippen LogP contribution >= 0.6 is 11.6 Å². The summed E-state index contributed by atoms with van der Waals surface area (Å²) >= 11 is 6.04. The fourth-order valence-electron chi connectivity index (χ4n) is 2.04. The highest BCUT2D eigenvalue weighted by atomic mass is 35.5. The van der Waals surface area contributed by atoms with E-state index in [2.05, 4.69) is 5.32 Å². The molecule has 1 aliphatic heterocycles. The van der Waals surface area contributed by atoms with E-state index in [1.165, 1.54) is 0 Å². The molecule has 0 fully saturated rings. The molecule has 1 heterocycles. The molecule has 1 amide bonds. The highest BCUT2D eigenvalue weighted by Crippen LogP contribution is 2.31. The summed E-state index contributed by atoms with van der Waals surface area (Å²) in [5.74, 6) is 0.968. The molecule has 0 spiro atoms. The third kappa shape index (κ3) is 2.95. The molecule has 0 radical (unpaired) electrons. The van der Waals surface area contributed by atoms with Crippen molar-refractivity contribution in [3.63, 3.8) is 0 Å². The average molecular weight is 304 g/mol. The van der Waals surface area contributed by atoms with Gasteiger partial charge in [-0.25, -0.2) is 0 Å². The van der Waals surface area contributed by atoms with Gasteiger partial charge in [-0.2, -0.15) is 0 Å². The number of hydrogen-bond acceptors (Lipinski definition) is 3. The zero-order valence-corrected chi connectivity index (χ0v) is 12.2. The summed E-state index contributed by atoms with van der Waals surface area (Å²) in [6, 6.07) is 12.6. The van der Waals surface area contributed by atoms with Crippen molar-refractivity contribution in [1.29, 1.82) is 0 Å². The van der Waals surface area contributed by atoms with Crippen molar-refractivity contribution in [1.82, 2.24) is 0 Å². The fourth-order valence-corrected chi connectivity index (χ4v) is 2.22. The molecule has 1 N–H and O–H groups in total. The van der Waals surface area contributed by atoms with Gasteiger partial charge < -0.3 is 14.8 Å². The molecule has 0 saturated carbocycles. The van der Waals surface area contributed by atoms with Crippen molar-refractivity contribution in [2.24, 2.45) is 0 Å². The number of carbonyl (C=O) groups excluding carboxylic acids is 1. The number of halogens is 1. The van der Waals surface area contributed by atoms with Crippen molar-refractivity contribution >= 4 is 23.2 Å². The highest BCUT2D eigenvalue weighted by molar-refractivity contribution is 6.31. The SMILES string of the molecule is Cc1ccc(NC(=O)[C@@H]2COc3ccccc3O2)cc1Cl. The van der Waals surface area contributed by atoms with Crippen molar-refractivity contribution in [3.8, 4) is 11.5 Å². The predicted molar refractivity (Wildman–Crippen MR) is 81.2 cm³/mol. The van der Waals surface area contributed by atoms with Crippen LogP contribution in [0.15, 0.2) is 42.5 Å². The van der Waals surface area contributed by atoms with Crippen LogP contribution in [-0.4, -0.2) is 18.6 Å². The molecule has 2 aromatic rings. The Morgan fingerprint density at radius 2 is 2.00 bits per heavy atom. The molecule has 1 aliphatic rings. The third-order valence-electron chi connectivity index (χ3n) is 3.24. The van der Waals surface area contributed by atoms with E-state index in [9.17, 15) is 4.79 Å². The van der Waals surface area contributed by atoms with E-state index in [0.29, 0.717) is 22.2 Å². The van der Waals surface area contributed by atoms with Gasteiger partial charge >= 0.3 is 0 Å². The smallest absolute Gasteiger partial charge is 0.269 e. The summed E-state index contributed by atoms with van der Waals surface area (Å²) in [5.41, 5.74) is 1.60. The Morgan fingerprint density at radius 1 is 1.24 bits per heavy atom. The molecule has 5 heteroatoms. The lowest BCUT2D eigenvalue weighted by atomic mass is 10.2. The molecule has 0 bridgehead atoms. The number of nitrogens with one attached hydrogen (secondary N) is 1. The summed E-state index contributed by atoms with van der Waals surface area (Å²) in [4.78, 5) is 12.2. The second kappa shape index (κ2) is 5.66. The van der Waals surface area contributed by atoms with Crippen LogP contribution in [0, 0.1) is 6.92 Å². The number of anilines is 1. The molecule has 0 aromatic heterocycles. The monoisotopic (exact) mass is 303 g/mol. The number of benzene rings is 2. The summed E-state index contributed by atoms with van der Waals surface area (Å²) < 4.78 is 11.2. The van der Waals surface area contributed by atoms with Gasteiger partial charge in [-0.15, -0.1) is 0 Å². The van der Waals surface area contributed by atoms with Crippen LogP contribution in [0.5, 0.6) is 11.5 Å². The molecule has 108 valence electrons. The van der Waals surface area contributed by atoms with Gasteiger partial charge in [0.05, 0.1) is 0 Å². The second-order valence-corrected chi connectivity index (χ2v) is 5.22. The van der Waals surface area contributed by atoms with Crippen LogP contribution < -0.4 is 14.8 Å². The summed E-state index contributed by atoms with van der Waals surface area (Å²) in [6.45, 7) is 2.09. The number of aryl methyl sites for hydroxylation is 1. The van der Waals surface area contributed by atoms with Crippen molar-refractivity contribution < 1.29 is 14.3 Å². The maximum Gasteiger partial charge on any atom is 0.269 e. The van der Waals surface area contributed by atoms with E-state index in [4.69, 9.17) is 21.1 Å². The van der Waals surface area contributed by atoms with Gasteiger partial charge in [0.1, 0.15) is 6.61 Å². The quantitative estimate of drug-likeness (QED) is 0.924. The molecule has 3 rings (SSSR count). The van der Waals surface area contributed by atoms with Crippen molar-refractivity contribution in [2.75, 3.05) is 11.9 Å². The van der Waals surface area contributed by atoms with E-state index in [1.807, 2.05) is 31.2 Å². The van der Waals surface area contributed by atoms with Gasteiger partial charge in [0.15, 0.2) is 11.5 Å². The Hall–Kier alpha value is -2.20. The summed E-state index contributed by atoms with van der Waals surface area (Å²) in [6.07, 6.45) is -0.681. The number of para-hydroxylation sites is 2. The Bertz CT molecular complexity index is 687. The zero-order chi connectivity index (χ0) is 14.8. The number of hydrogen-bond donors (Lipinski definition) is 1. The fraction of sp³-hybridized carbons (Fsp3) is 0.188. The van der Waals surface area contributed by atoms with E-state index in [-0.39, 0.29) is 12.5 Å². The van der Waals surface area contributed by atoms with Gasteiger partial charge in [0, 0.05) is 10.7 Å². The van der Waals surface area contributed by atoms with Crippen molar-refractivity contribution in [2.45, 2.75) is 13.0 Å². The van der Waals surface area contributed by atoms with Gasteiger partial charge in [-0.3, -0.25) is 4.79 Å². The minimum Gasteiger partial charge on any atom is -0.485 e. The molecule has 4 nitrogen and oxygen atoms in total. The standard InChI is InChI=1S/C16H14ClNO3/c1-10-6-7-11(8-12(10)17)18-16(19)15-9-20-13-4-2-3-5-14(13)21-15/h2-8,15H,9H2,1H3,(H,18,19)/t15-/m0/s1. The van der Waals surface area contributed by atoms with Crippen LogP contribution in [0.3, 0.4) is 0 Å². The van der Waals surface area contributed by atoms with Gasteiger partial charge in [0.2, 0.25) is 6.10 Å². The van der Waals surface area contributed by atoms with Crippen LogP contribution in [0.1, 0.15) is 5.56 Å². The van der Waals surface area contributed by atoms with Gasteiger partial charge in [0.25, 0.3) is 5.91 Å². The van der Waals surface area contributed by atoms with Crippen molar-refractivity contribution in [3.05, 3.63) is 53.1 Å². The number of ether oxygens (including phenoxy) is 2. The Balaban J connectivity index is 1.70. The molecule has 0 unspecified atom stereocenters. The maximum absolute atomic E-state index is 12.2.